The Bertz CT molecular complexity index is 1430. The highest BCUT2D eigenvalue weighted by molar-refractivity contribution is 7.98. The van der Waals surface area contributed by atoms with Gasteiger partial charge in [0.25, 0.3) is 5.56 Å². The molecule has 4 heterocycles. The van der Waals surface area contributed by atoms with E-state index in [9.17, 15) is 9.59 Å². The lowest BCUT2D eigenvalue weighted by molar-refractivity contribution is 0.122. The number of aromatic nitrogens is 7. The molecule has 0 saturated carbocycles. The fourth-order valence-electron chi connectivity index (χ4n) is 4.20. The number of morpholine rings is 1. The zero-order valence-corrected chi connectivity index (χ0v) is 20.6. The topological polar surface area (TPSA) is 116 Å². The number of nitrogens with zero attached hydrogens (tertiary/aromatic N) is 7. The van der Waals surface area contributed by atoms with Crippen molar-refractivity contribution in [3.8, 4) is 5.69 Å². The Kier molecular flexibility index (Phi) is 6.73. The van der Waals surface area contributed by atoms with Crippen molar-refractivity contribution in [1.29, 1.82) is 0 Å². The Balaban J connectivity index is 1.50. The van der Waals surface area contributed by atoms with Crippen LogP contribution in [0.5, 0.6) is 0 Å². The number of imidazole rings is 1. The summed E-state index contributed by atoms with van der Waals surface area (Å²) in [5, 5.41) is 9.72. The molecule has 1 aliphatic heterocycles. The summed E-state index contributed by atoms with van der Waals surface area (Å²) in [6.07, 6.45) is 1.76. The fraction of sp³-hybridized carbons (Fsp3) is 0.435. The third-order valence-electron chi connectivity index (χ3n) is 6.10. The van der Waals surface area contributed by atoms with Crippen molar-refractivity contribution < 1.29 is 4.74 Å². The fourth-order valence-corrected chi connectivity index (χ4v) is 5.13. The summed E-state index contributed by atoms with van der Waals surface area (Å²) in [4.78, 5) is 34.3. The number of fused-ring (bicyclic) bond motifs is 1. The average Bonchev–Trinajstić information content (AvgIpc) is 3.45. The van der Waals surface area contributed by atoms with Gasteiger partial charge in [0.15, 0.2) is 16.3 Å². The molecule has 11 nitrogen and oxygen atoms in total. The van der Waals surface area contributed by atoms with Crippen LogP contribution in [0.25, 0.3) is 16.9 Å². The summed E-state index contributed by atoms with van der Waals surface area (Å²) in [7, 11) is 1.80. The summed E-state index contributed by atoms with van der Waals surface area (Å²) in [5.41, 5.74) is 0.938. The first kappa shape index (κ1) is 23.4. The number of thioether (sulfide) groups is 1. The molecule has 5 rings (SSSR count). The van der Waals surface area contributed by atoms with Gasteiger partial charge in [-0.25, -0.2) is 9.78 Å². The molecule has 0 spiro atoms. The quantitative estimate of drug-likeness (QED) is 0.368. The van der Waals surface area contributed by atoms with E-state index in [1.54, 1.807) is 16.2 Å². The Morgan fingerprint density at radius 3 is 2.63 bits per heavy atom. The molecular formula is C23H28N8O3S. The first-order valence-electron chi connectivity index (χ1n) is 11.7. The predicted molar refractivity (Wildman–Crippen MR) is 134 cm³/mol. The Labute approximate surface area is 205 Å². The third kappa shape index (κ3) is 4.50. The van der Waals surface area contributed by atoms with Crippen molar-refractivity contribution >= 4 is 28.9 Å². The predicted octanol–water partition coefficient (Wildman–Crippen LogP) is 1.93. The van der Waals surface area contributed by atoms with Crippen LogP contribution in [0.15, 0.2) is 45.1 Å². The molecule has 1 fully saturated rings. The van der Waals surface area contributed by atoms with Gasteiger partial charge >= 0.3 is 5.69 Å². The first-order valence-corrected chi connectivity index (χ1v) is 12.7. The molecule has 0 bridgehead atoms. The monoisotopic (exact) mass is 496 g/mol. The zero-order valence-electron chi connectivity index (χ0n) is 19.8. The number of hydrogen-bond acceptors (Lipinski definition) is 8. The number of aryl methyl sites for hydroxylation is 2. The lowest BCUT2D eigenvalue weighted by Crippen LogP contribution is -2.37. The van der Waals surface area contributed by atoms with Gasteiger partial charge in [0.1, 0.15) is 5.82 Å². The largest absolute Gasteiger partial charge is 0.378 e. The Morgan fingerprint density at radius 2 is 1.89 bits per heavy atom. The van der Waals surface area contributed by atoms with E-state index in [1.165, 1.54) is 11.8 Å². The normalized spacial score (nSPS) is 14.2. The van der Waals surface area contributed by atoms with Gasteiger partial charge < -0.3 is 14.2 Å². The van der Waals surface area contributed by atoms with Gasteiger partial charge in [-0.2, -0.15) is 0 Å². The molecule has 0 radical (unpaired) electrons. The van der Waals surface area contributed by atoms with Crippen LogP contribution in [-0.4, -0.2) is 60.2 Å². The summed E-state index contributed by atoms with van der Waals surface area (Å²) in [6.45, 7) is 5.37. The summed E-state index contributed by atoms with van der Waals surface area (Å²) in [6, 6.07) is 10.0. The van der Waals surface area contributed by atoms with Crippen LogP contribution in [0.2, 0.25) is 0 Å². The van der Waals surface area contributed by atoms with Crippen molar-refractivity contribution in [2.45, 2.75) is 37.2 Å². The molecule has 35 heavy (non-hydrogen) atoms. The molecule has 3 aromatic heterocycles. The molecule has 12 heteroatoms. The van der Waals surface area contributed by atoms with Crippen LogP contribution < -0.4 is 16.1 Å². The van der Waals surface area contributed by atoms with Crippen molar-refractivity contribution in [2.75, 3.05) is 31.2 Å². The zero-order chi connectivity index (χ0) is 24.4. The lowest BCUT2D eigenvalue weighted by atomic mass is 10.3. The molecule has 0 aliphatic carbocycles. The van der Waals surface area contributed by atoms with Gasteiger partial charge in [-0.05, 0) is 18.6 Å². The van der Waals surface area contributed by atoms with Crippen LogP contribution in [0.3, 0.4) is 0 Å². The van der Waals surface area contributed by atoms with E-state index in [-0.39, 0.29) is 0 Å². The maximum Gasteiger partial charge on any atom is 0.330 e. The molecule has 1 aliphatic rings. The molecule has 184 valence electrons. The minimum atomic E-state index is -0.425. The Morgan fingerprint density at radius 1 is 1.11 bits per heavy atom. The molecule has 1 saturated heterocycles. The second kappa shape index (κ2) is 10.1. The summed E-state index contributed by atoms with van der Waals surface area (Å²) in [5.74, 6) is 1.92. The first-order chi connectivity index (χ1) is 17.1. The molecule has 0 amide bonds. The second-order valence-electron chi connectivity index (χ2n) is 8.37. The number of aromatic amines is 1. The number of rotatable bonds is 8. The van der Waals surface area contributed by atoms with Gasteiger partial charge in [0, 0.05) is 26.7 Å². The van der Waals surface area contributed by atoms with E-state index in [1.807, 2.05) is 34.9 Å². The molecule has 4 aromatic rings. The number of H-pyrrole nitrogens is 1. The second-order valence-corrected chi connectivity index (χ2v) is 9.31. The third-order valence-corrected chi connectivity index (χ3v) is 7.02. The van der Waals surface area contributed by atoms with E-state index in [0.717, 1.165) is 42.7 Å². The van der Waals surface area contributed by atoms with Crippen LogP contribution in [0.4, 0.5) is 5.95 Å². The van der Waals surface area contributed by atoms with Gasteiger partial charge in [-0.15, -0.1) is 10.2 Å². The molecule has 1 N–H and O–H groups in total. The standard InChI is InChI=1S/C23H28N8O3S/c1-3-4-10-30-19-18(20(32)25-22(30)33)28(2)17(24-19)15-35-23-27-26-21(29-11-13-34-14-12-29)31(23)16-8-6-5-7-9-16/h5-9H,3-4,10-15H2,1-2H3,(H,25,32,33). The highest BCUT2D eigenvalue weighted by Crippen LogP contribution is 2.29. The number of benzene rings is 1. The number of para-hydroxylation sites is 1. The smallest absolute Gasteiger partial charge is 0.330 e. The number of anilines is 1. The number of hydrogen-bond donors (Lipinski definition) is 1. The molecule has 0 unspecified atom stereocenters. The minimum absolute atomic E-state index is 0.398. The van der Waals surface area contributed by atoms with Crippen molar-refractivity contribution in [3.63, 3.8) is 0 Å². The van der Waals surface area contributed by atoms with Crippen molar-refractivity contribution in [1.82, 2.24) is 33.9 Å². The van der Waals surface area contributed by atoms with Crippen molar-refractivity contribution in [2.24, 2.45) is 7.05 Å². The van der Waals surface area contributed by atoms with E-state index < -0.39 is 11.2 Å². The minimum Gasteiger partial charge on any atom is -0.378 e. The van der Waals surface area contributed by atoms with Crippen molar-refractivity contribution in [3.05, 3.63) is 57.0 Å². The van der Waals surface area contributed by atoms with Gasteiger partial charge in [-0.1, -0.05) is 43.3 Å². The summed E-state index contributed by atoms with van der Waals surface area (Å²) >= 11 is 1.49. The van der Waals surface area contributed by atoms with Gasteiger partial charge in [0.05, 0.1) is 24.7 Å². The molecule has 1 aromatic carbocycles. The SMILES string of the molecule is CCCCn1c(=O)[nH]c(=O)c2c1nc(CSc1nnc(N3CCOCC3)n1-c1ccccc1)n2C. The molecular weight excluding hydrogens is 468 g/mol. The van der Waals surface area contributed by atoms with Gasteiger partial charge in [0.2, 0.25) is 5.95 Å². The van der Waals surface area contributed by atoms with Crippen LogP contribution in [0, 0.1) is 0 Å². The van der Waals surface area contributed by atoms with E-state index >= 15 is 0 Å². The number of unbranched alkanes of at least 4 members (excludes halogenated alkanes) is 1. The van der Waals surface area contributed by atoms with Crippen LogP contribution in [-0.2, 0) is 24.1 Å². The summed E-state index contributed by atoms with van der Waals surface area (Å²) < 4.78 is 10.9. The van der Waals surface area contributed by atoms with Crippen LogP contribution in [0.1, 0.15) is 25.6 Å². The van der Waals surface area contributed by atoms with E-state index in [4.69, 9.17) is 9.72 Å². The van der Waals surface area contributed by atoms with Crippen LogP contribution >= 0.6 is 11.8 Å². The molecule has 0 atom stereocenters. The van der Waals surface area contributed by atoms with E-state index in [0.29, 0.717) is 42.5 Å². The van der Waals surface area contributed by atoms with E-state index in [2.05, 4.69) is 27.0 Å². The average molecular weight is 497 g/mol. The highest BCUT2D eigenvalue weighted by atomic mass is 32.2. The highest BCUT2D eigenvalue weighted by Gasteiger charge is 2.23. The maximum absolute atomic E-state index is 12.6. The number of ether oxygens (including phenoxy) is 1. The number of nitrogens with one attached hydrogen (secondary N) is 1. The Hall–Kier alpha value is -3.38. The maximum atomic E-state index is 12.6. The van der Waals surface area contributed by atoms with Gasteiger partial charge in [-0.3, -0.25) is 18.9 Å². The lowest BCUT2D eigenvalue weighted by Gasteiger charge is -2.27.